The van der Waals surface area contributed by atoms with Crippen molar-refractivity contribution in [2.45, 2.75) is 46.0 Å². The standard InChI is InChI=1S/C21H24N2O2/c1-4-5-20(24)22-17-9-6-15(7-10-17)12-21-23-18-13-16(14(2)3)8-11-19(18)25-21/h6-11,13-14H,4-5,12H2,1-3H3,(H,22,24). The normalized spacial score (nSPS) is 11.2. The molecule has 0 radical (unpaired) electrons. The second-order valence-corrected chi connectivity index (χ2v) is 6.66. The molecule has 0 bridgehead atoms. The van der Waals surface area contributed by atoms with Gasteiger partial charge in [0, 0.05) is 18.5 Å². The number of carbonyl (C=O) groups excluding carboxylic acids is 1. The molecule has 0 unspecified atom stereocenters. The number of benzene rings is 2. The van der Waals surface area contributed by atoms with Crippen LogP contribution in [0.1, 0.15) is 56.5 Å². The SMILES string of the molecule is CCCC(=O)Nc1ccc(Cc2nc3cc(C(C)C)ccc3o2)cc1. The molecule has 0 spiro atoms. The van der Waals surface area contributed by atoms with E-state index < -0.39 is 0 Å². The number of fused-ring (bicyclic) bond motifs is 1. The number of carbonyl (C=O) groups is 1. The first-order valence-electron chi connectivity index (χ1n) is 8.83. The average Bonchev–Trinajstić information content (AvgIpc) is 2.98. The Morgan fingerprint density at radius 2 is 1.92 bits per heavy atom. The molecule has 3 rings (SSSR count). The van der Waals surface area contributed by atoms with E-state index >= 15 is 0 Å². The second-order valence-electron chi connectivity index (χ2n) is 6.66. The van der Waals surface area contributed by atoms with Gasteiger partial charge in [-0.3, -0.25) is 4.79 Å². The van der Waals surface area contributed by atoms with Gasteiger partial charge in [-0.25, -0.2) is 4.98 Å². The number of nitrogens with one attached hydrogen (secondary N) is 1. The van der Waals surface area contributed by atoms with Crippen molar-refractivity contribution in [2.75, 3.05) is 5.32 Å². The molecule has 130 valence electrons. The summed E-state index contributed by atoms with van der Waals surface area (Å²) in [5.41, 5.74) is 4.91. The van der Waals surface area contributed by atoms with E-state index in [1.165, 1.54) is 5.56 Å². The van der Waals surface area contributed by atoms with Crippen LogP contribution in [-0.2, 0) is 11.2 Å². The van der Waals surface area contributed by atoms with E-state index in [1.807, 2.05) is 37.3 Å². The minimum Gasteiger partial charge on any atom is -0.440 e. The van der Waals surface area contributed by atoms with Crippen LogP contribution in [0, 0.1) is 0 Å². The Kier molecular flexibility index (Phi) is 5.17. The van der Waals surface area contributed by atoms with Crippen LogP contribution in [0.5, 0.6) is 0 Å². The van der Waals surface area contributed by atoms with Crippen molar-refractivity contribution in [2.24, 2.45) is 0 Å². The first-order chi connectivity index (χ1) is 12.0. The molecular formula is C21H24N2O2. The van der Waals surface area contributed by atoms with Gasteiger partial charge in [0.1, 0.15) is 5.52 Å². The summed E-state index contributed by atoms with van der Waals surface area (Å²) < 4.78 is 5.85. The van der Waals surface area contributed by atoms with Crippen molar-refractivity contribution in [1.82, 2.24) is 4.98 Å². The third-order valence-electron chi connectivity index (χ3n) is 4.19. The molecule has 1 aromatic heterocycles. The number of anilines is 1. The molecule has 0 saturated heterocycles. The highest BCUT2D eigenvalue weighted by Gasteiger charge is 2.09. The lowest BCUT2D eigenvalue weighted by molar-refractivity contribution is -0.116. The number of amides is 1. The Hall–Kier alpha value is -2.62. The van der Waals surface area contributed by atoms with Crippen LogP contribution >= 0.6 is 0 Å². The highest BCUT2D eigenvalue weighted by molar-refractivity contribution is 5.90. The van der Waals surface area contributed by atoms with Crippen molar-refractivity contribution in [3.8, 4) is 0 Å². The van der Waals surface area contributed by atoms with Gasteiger partial charge in [-0.05, 0) is 47.7 Å². The molecule has 4 heteroatoms. The van der Waals surface area contributed by atoms with Crippen molar-refractivity contribution in [3.05, 3.63) is 59.5 Å². The van der Waals surface area contributed by atoms with Crippen LogP contribution in [0.25, 0.3) is 11.1 Å². The van der Waals surface area contributed by atoms with E-state index in [4.69, 9.17) is 4.42 Å². The zero-order valence-corrected chi connectivity index (χ0v) is 15.0. The van der Waals surface area contributed by atoms with Gasteiger partial charge in [0.05, 0.1) is 0 Å². The van der Waals surface area contributed by atoms with Gasteiger partial charge >= 0.3 is 0 Å². The van der Waals surface area contributed by atoms with Crippen LogP contribution < -0.4 is 5.32 Å². The number of aromatic nitrogens is 1. The first kappa shape index (κ1) is 17.2. The van der Waals surface area contributed by atoms with Crippen molar-refractivity contribution >= 4 is 22.7 Å². The summed E-state index contributed by atoms with van der Waals surface area (Å²) in [6.45, 7) is 6.33. The number of hydrogen-bond donors (Lipinski definition) is 1. The molecule has 0 atom stereocenters. The van der Waals surface area contributed by atoms with Gasteiger partial charge in [-0.15, -0.1) is 0 Å². The molecule has 0 aliphatic rings. The average molecular weight is 336 g/mol. The van der Waals surface area contributed by atoms with Gasteiger partial charge in [0.15, 0.2) is 11.5 Å². The summed E-state index contributed by atoms with van der Waals surface area (Å²) in [7, 11) is 0. The van der Waals surface area contributed by atoms with Crippen molar-refractivity contribution in [1.29, 1.82) is 0 Å². The molecule has 0 aliphatic heterocycles. The minimum absolute atomic E-state index is 0.0511. The molecule has 1 N–H and O–H groups in total. The molecule has 1 heterocycles. The van der Waals surface area contributed by atoms with E-state index in [1.54, 1.807) is 0 Å². The highest BCUT2D eigenvalue weighted by atomic mass is 16.3. The van der Waals surface area contributed by atoms with Crippen LogP contribution in [0.2, 0.25) is 0 Å². The van der Waals surface area contributed by atoms with Crippen LogP contribution in [0.4, 0.5) is 5.69 Å². The number of oxazole rings is 1. The number of nitrogens with zero attached hydrogens (tertiary/aromatic N) is 1. The third-order valence-corrected chi connectivity index (χ3v) is 4.19. The lowest BCUT2D eigenvalue weighted by Gasteiger charge is -2.05. The smallest absolute Gasteiger partial charge is 0.224 e. The molecule has 0 saturated carbocycles. The maximum atomic E-state index is 11.6. The van der Waals surface area contributed by atoms with Gasteiger partial charge in [0.2, 0.25) is 5.91 Å². The first-order valence-corrected chi connectivity index (χ1v) is 8.83. The van der Waals surface area contributed by atoms with Gasteiger partial charge < -0.3 is 9.73 Å². The van der Waals surface area contributed by atoms with Gasteiger partial charge in [-0.2, -0.15) is 0 Å². The summed E-state index contributed by atoms with van der Waals surface area (Å²) >= 11 is 0. The maximum absolute atomic E-state index is 11.6. The lowest BCUT2D eigenvalue weighted by Crippen LogP contribution is -2.10. The zero-order chi connectivity index (χ0) is 17.8. The number of hydrogen-bond acceptors (Lipinski definition) is 3. The molecule has 2 aromatic carbocycles. The fourth-order valence-electron chi connectivity index (χ4n) is 2.76. The summed E-state index contributed by atoms with van der Waals surface area (Å²) in [6.07, 6.45) is 2.03. The second kappa shape index (κ2) is 7.51. The Balaban J connectivity index is 1.71. The van der Waals surface area contributed by atoms with Gasteiger partial charge in [0.25, 0.3) is 0 Å². The fraction of sp³-hybridized carbons (Fsp3) is 0.333. The van der Waals surface area contributed by atoms with Crippen molar-refractivity contribution in [3.63, 3.8) is 0 Å². The van der Waals surface area contributed by atoms with E-state index in [0.29, 0.717) is 24.7 Å². The third kappa shape index (κ3) is 4.27. The summed E-state index contributed by atoms with van der Waals surface area (Å²) in [5, 5.41) is 2.89. The molecule has 4 nitrogen and oxygen atoms in total. The Morgan fingerprint density at radius 1 is 1.16 bits per heavy atom. The largest absolute Gasteiger partial charge is 0.440 e. The van der Waals surface area contributed by atoms with Gasteiger partial charge in [-0.1, -0.05) is 39.0 Å². The predicted molar refractivity (Wildman–Crippen MR) is 101 cm³/mol. The summed E-state index contributed by atoms with van der Waals surface area (Å²) in [6, 6.07) is 14.0. The lowest BCUT2D eigenvalue weighted by atomic mass is 10.0. The summed E-state index contributed by atoms with van der Waals surface area (Å²) in [4.78, 5) is 16.2. The molecule has 3 aromatic rings. The monoisotopic (exact) mass is 336 g/mol. The molecule has 0 fully saturated rings. The topological polar surface area (TPSA) is 55.1 Å². The Morgan fingerprint density at radius 3 is 2.60 bits per heavy atom. The van der Waals surface area contributed by atoms with Crippen LogP contribution in [0.3, 0.4) is 0 Å². The summed E-state index contributed by atoms with van der Waals surface area (Å²) in [5.74, 6) is 1.23. The van der Waals surface area contributed by atoms with E-state index in [-0.39, 0.29) is 5.91 Å². The maximum Gasteiger partial charge on any atom is 0.224 e. The van der Waals surface area contributed by atoms with E-state index in [0.717, 1.165) is 28.8 Å². The highest BCUT2D eigenvalue weighted by Crippen LogP contribution is 2.23. The minimum atomic E-state index is 0.0511. The Bertz CT molecular complexity index is 863. The van der Waals surface area contributed by atoms with Crippen LogP contribution in [0.15, 0.2) is 46.9 Å². The molecule has 25 heavy (non-hydrogen) atoms. The van der Waals surface area contributed by atoms with Crippen molar-refractivity contribution < 1.29 is 9.21 Å². The molecule has 1 amide bonds. The number of rotatable bonds is 6. The predicted octanol–water partition coefficient (Wildman–Crippen LogP) is 5.28. The van der Waals surface area contributed by atoms with Crippen LogP contribution in [-0.4, -0.2) is 10.9 Å². The molecule has 0 aliphatic carbocycles. The Labute approximate surface area is 148 Å². The van der Waals surface area contributed by atoms with E-state index in [2.05, 4.69) is 36.3 Å². The fourth-order valence-corrected chi connectivity index (χ4v) is 2.76. The quantitative estimate of drug-likeness (QED) is 0.666. The van der Waals surface area contributed by atoms with E-state index in [9.17, 15) is 4.79 Å². The zero-order valence-electron chi connectivity index (χ0n) is 15.0. The molecular weight excluding hydrogens is 312 g/mol.